The van der Waals surface area contributed by atoms with Gasteiger partial charge in [0.2, 0.25) is 0 Å². The van der Waals surface area contributed by atoms with Gasteiger partial charge in [-0.05, 0) is 0 Å². The molecule has 0 aliphatic carbocycles. The van der Waals surface area contributed by atoms with E-state index in [9.17, 15) is 9.59 Å². The minimum Gasteiger partial charge on any atom is -0.698 e. The monoisotopic (exact) mass is 1040 g/mol. The normalized spacial score (nSPS) is 9.78. The fourth-order valence-electron chi connectivity index (χ4n) is 0. The number of nitrogens with one attached hydrogen (secondary N) is 1. The van der Waals surface area contributed by atoms with E-state index in [0.717, 1.165) is 0 Å². The van der Waals surface area contributed by atoms with Crippen molar-refractivity contribution in [2.24, 2.45) is 5.92 Å². The van der Waals surface area contributed by atoms with Crippen molar-refractivity contribution in [3.63, 3.8) is 0 Å². The molecule has 18 heavy (non-hydrogen) atoms. The zero-order valence-corrected chi connectivity index (χ0v) is 24.8. The summed E-state index contributed by atoms with van der Waals surface area (Å²) in [6.07, 6.45) is 6.39. The minimum atomic E-state index is -0.671. The molecule has 0 bridgehead atoms. The summed E-state index contributed by atoms with van der Waals surface area (Å²) in [5, 5.41) is 0. The SMILES string of the molecule is CC([NH-])[C-]=O.[CH2-]C(C)[C-]=O.[CH2-]C=C[CH2-].[U+2].[U+2].[W].[W]. The summed E-state index contributed by atoms with van der Waals surface area (Å²) in [5.41, 5.74) is 6.40. The third-order valence-corrected chi connectivity index (χ3v) is 0.545. The van der Waals surface area contributed by atoms with Gasteiger partial charge in [-0.1, -0.05) is 0 Å². The first-order valence-corrected chi connectivity index (χ1v) is 3.99. The summed E-state index contributed by atoms with van der Waals surface area (Å²) in [7, 11) is 0. The molecule has 0 saturated heterocycles. The van der Waals surface area contributed by atoms with E-state index < -0.39 is 6.04 Å². The van der Waals surface area contributed by atoms with Gasteiger partial charge >= 0.3 is 62.2 Å². The van der Waals surface area contributed by atoms with Gasteiger partial charge in [-0.25, -0.2) is 6.04 Å². The van der Waals surface area contributed by atoms with Crippen LogP contribution in [0.3, 0.4) is 0 Å². The fourth-order valence-corrected chi connectivity index (χ4v) is 0. The fraction of sp³-hybridized carbons (Fsp3) is 0.364. The molecule has 1 N–H and O–H groups in total. The predicted molar refractivity (Wildman–Crippen MR) is 59.5 cm³/mol. The zero-order chi connectivity index (χ0) is 12.0. The van der Waals surface area contributed by atoms with Gasteiger partial charge < -0.3 is 48.2 Å². The third kappa shape index (κ3) is 103. The van der Waals surface area contributed by atoms with E-state index in [4.69, 9.17) is 5.73 Å². The summed E-state index contributed by atoms with van der Waals surface area (Å²) in [4.78, 5) is 18.5. The maximum atomic E-state index is 9.32. The van der Waals surface area contributed by atoms with Gasteiger partial charge in [-0.3, -0.25) is 18.5 Å². The molecule has 0 spiro atoms. The number of hydrogen-bond acceptors (Lipinski definition) is 2. The van der Waals surface area contributed by atoms with Crippen LogP contribution in [0, 0.1) is 88.9 Å². The van der Waals surface area contributed by atoms with E-state index in [-0.39, 0.29) is 110 Å². The van der Waals surface area contributed by atoms with E-state index in [0.29, 0.717) is 0 Å². The Morgan fingerprint density at radius 1 is 1.00 bits per heavy atom. The van der Waals surface area contributed by atoms with Crippen molar-refractivity contribution < 1.29 is 114 Å². The molecule has 2 atom stereocenters. The van der Waals surface area contributed by atoms with Crippen LogP contribution in [0.25, 0.3) is 5.73 Å². The quantitative estimate of drug-likeness (QED) is 0.400. The molecule has 2 unspecified atom stereocenters. The summed E-state index contributed by atoms with van der Waals surface area (Å²) in [6, 6.07) is -0.671. The molecule has 3 nitrogen and oxygen atoms in total. The minimum absolute atomic E-state index is 0. The molecule has 0 rings (SSSR count). The second kappa shape index (κ2) is 42.7. The maximum Gasteiger partial charge on any atom is 2.00 e. The molecule has 0 amide bonds. The topological polar surface area (TPSA) is 57.9 Å². The summed E-state index contributed by atoms with van der Waals surface area (Å²) < 4.78 is 0. The summed E-state index contributed by atoms with van der Waals surface area (Å²) in [5.74, 6) is -0.171. The van der Waals surface area contributed by atoms with Gasteiger partial charge in [0.25, 0.3) is 0 Å². The van der Waals surface area contributed by atoms with Crippen LogP contribution < -0.4 is 0 Å². The first-order valence-electron chi connectivity index (χ1n) is 3.99. The van der Waals surface area contributed by atoms with Crippen LogP contribution in [-0.2, 0) is 51.7 Å². The maximum absolute atomic E-state index is 9.32. The molecule has 0 radical (unpaired) electrons. The molecule has 0 aliphatic heterocycles. The predicted octanol–water partition coefficient (Wildman–Crippen LogP) is 2.31. The van der Waals surface area contributed by atoms with E-state index in [1.807, 2.05) is 0 Å². The average molecular weight is 1040 g/mol. The second-order valence-electron chi connectivity index (χ2n) is 2.33. The van der Waals surface area contributed by atoms with Gasteiger partial charge in [0.15, 0.2) is 0 Å². The molecule has 0 saturated carbocycles. The number of allylic oxidation sites excluding steroid dienone is 2. The van der Waals surface area contributed by atoms with E-state index in [1.165, 1.54) is 13.2 Å². The smallest absolute Gasteiger partial charge is 0.698 e. The van der Waals surface area contributed by atoms with Crippen molar-refractivity contribution in [3.8, 4) is 0 Å². The van der Waals surface area contributed by atoms with Gasteiger partial charge in [0.05, 0.1) is 0 Å². The molecule has 100 valence electrons. The summed E-state index contributed by atoms with van der Waals surface area (Å²) in [6.45, 7) is 13.2. The van der Waals surface area contributed by atoms with Gasteiger partial charge in [-0.15, -0.1) is 13.8 Å². The summed E-state index contributed by atoms with van der Waals surface area (Å²) >= 11 is 0. The molecule has 0 aromatic rings. The van der Waals surface area contributed by atoms with Crippen LogP contribution in [0.4, 0.5) is 0 Å². The molecule has 0 aromatic heterocycles. The van der Waals surface area contributed by atoms with Crippen molar-refractivity contribution >= 4 is 12.6 Å². The Bertz CT molecular complexity index is 142. The average Bonchev–Trinajstić information content (AvgIpc) is 2.19. The Balaban J connectivity index is -0.0000000183. The Kier molecular flexibility index (Phi) is 101. The van der Waals surface area contributed by atoms with E-state index in [2.05, 4.69) is 20.8 Å². The molecule has 0 aromatic carbocycles. The molecule has 0 fully saturated rings. The van der Waals surface area contributed by atoms with E-state index >= 15 is 0 Å². The van der Waals surface area contributed by atoms with Crippen molar-refractivity contribution in [1.82, 2.24) is 0 Å². The van der Waals surface area contributed by atoms with Gasteiger partial charge in [-0.2, -0.15) is 0 Å². The molecular formula is C11H17NO2U2W2-2. The Morgan fingerprint density at radius 2 is 1.17 bits per heavy atom. The first kappa shape index (κ1) is 42.7. The van der Waals surface area contributed by atoms with Crippen LogP contribution >= 0.6 is 0 Å². The number of hydrogen-bond donors (Lipinski definition) is 0. The first-order chi connectivity index (χ1) is 6.45. The van der Waals surface area contributed by atoms with E-state index in [1.54, 1.807) is 25.4 Å². The van der Waals surface area contributed by atoms with Gasteiger partial charge in [0, 0.05) is 42.1 Å². The van der Waals surface area contributed by atoms with Crippen LogP contribution in [0.5, 0.6) is 0 Å². The van der Waals surface area contributed by atoms with Crippen LogP contribution in [0.15, 0.2) is 12.2 Å². The molecule has 7 heteroatoms. The molecule has 0 heterocycles. The Morgan fingerprint density at radius 3 is 1.17 bits per heavy atom. The van der Waals surface area contributed by atoms with Crippen LogP contribution in [0.2, 0.25) is 0 Å². The Labute approximate surface area is 188 Å². The number of rotatable bonds is 2. The Hall–Kier alpha value is 2.26. The van der Waals surface area contributed by atoms with Crippen LogP contribution in [0.1, 0.15) is 13.8 Å². The van der Waals surface area contributed by atoms with Crippen molar-refractivity contribution in [2.45, 2.75) is 19.9 Å². The molecular weight excluding hydrogens is 1020 g/mol. The third-order valence-electron chi connectivity index (χ3n) is 0.545. The number of carbonyl (C=O) groups excluding carboxylic acids is 2. The largest absolute Gasteiger partial charge is 2.00 e. The van der Waals surface area contributed by atoms with Gasteiger partial charge in [0.1, 0.15) is 0 Å². The standard InChI is InChI=1S/C4H6O.C4H6.C3H5NO.2U.2W/c1-4(2)3-5;1-3-4-2;1-3(4)2-5;;;;/h4H,1H2,2H3;3-4H,1-2H2;3-4H,1H3;;;;/q3*-2;2*+2;;. The molecule has 0 aliphatic rings. The zero-order valence-electron chi connectivity index (χ0n) is 10.6. The van der Waals surface area contributed by atoms with Crippen molar-refractivity contribution in [2.75, 3.05) is 0 Å². The second-order valence-corrected chi connectivity index (χ2v) is 2.33. The van der Waals surface area contributed by atoms with Crippen molar-refractivity contribution in [1.29, 1.82) is 0 Å². The van der Waals surface area contributed by atoms with Crippen molar-refractivity contribution in [3.05, 3.63) is 38.7 Å². The van der Waals surface area contributed by atoms with Crippen LogP contribution in [-0.4, -0.2) is 18.6 Å².